The highest BCUT2D eigenvalue weighted by atomic mass is 35.5. The van der Waals surface area contributed by atoms with Crippen LogP contribution >= 0.6 is 11.6 Å². The van der Waals surface area contributed by atoms with Crippen molar-refractivity contribution in [2.45, 2.75) is 0 Å². The maximum atomic E-state index is 6.15. The fraction of sp³-hybridized carbons (Fsp3) is 0. The van der Waals surface area contributed by atoms with Crippen molar-refractivity contribution in [3.8, 4) is 11.1 Å². The summed E-state index contributed by atoms with van der Waals surface area (Å²) in [6.45, 7) is 0. The molecule has 0 unspecified atom stereocenters. The van der Waals surface area contributed by atoms with Gasteiger partial charge in [-0.1, -0.05) is 66.2 Å². The van der Waals surface area contributed by atoms with E-state index in [0.717, 1.165) is 16.1 Å². The number of aromatic amines is 1. The topological polar surface area (TPSA) is 15.8 Å². The molecular formula is C22H14ClN. The second-order valence-corrected chi connectivity index (χ2v) is 6.54. The lowest BCUT2D eigenvalue weighted by Gasteiger charge is -2.06. The molecule has 24 heavy (non-hydrogen) atoms. The summed E-state index contributed by atoms with van der Waals surface area (Å²) in [4.78, 5) is 3.48. The predicted molar refractivity (Wildman–Crippen MR) is 104 cm³/mol. The highest BCUT2D eigenvalue weighted by molar-refractivity contribution is 6.31. The Balaban J connectivity index is 1.86. The van der Waals surface area contributed by atoms with Crippen molar-refractivity contribution in [2.75, 3.05) is 0 Å². The van der Waals surface area contributed by atoms with Gasteiger partial charge in [0.1, 0.15) is 0 Å². The Kier molecular flexibility index (Phi) is 2.91. The molecule has 0 amide bonds. The quantitative estimate of drug-likeness (QED) is 0.348. The smallest absolute Gasteiger partial charge is 0.0480 e. The van der Waals surface area contributed by atoms with Crippen molar-refractivity contribution in [1.82, 2.24) is 4.98 Å². The minimum absolute atomic E-state index is 0.751. The van der Waals surface area contributed by atoms with Crippen molar-refractivity contribution in [3.63, 3.8) is 0 Å². The summed E-state index contributed by atoms with van der Waals surface area (Å²) < 4.78 is 0. The second kappa shape index (κ2) is 5.12. The molecule has 0 radical (unpaired) electrons. The minimum Gasteiger partial charge on any atom is -0.354 e. The third kappa shape index (κ3) is 2.02. The van der Waals surface area contributed by atoms with Crippen LogP contribution in [0.2, 0.25) is 5.02 Å². The summed E-state index contributed by atoms with van der Waals surface area (Å²) in [6, 6.07) is 27.6. The highest BCUT2D eigenvalue weighted by Gasteiger charge is 2.10. The van der Waals surface area contributed by atoms with Crippen molar-refractivity contribution in [2.24, 2.45) is 0 Å². The van der Waals surface area contributed by atoms with Crippen LogP contribution in [0.15, 0.2) is 78.9 Å². The predicted octanol–water partition coefficient (Wildman–Crippen LogP) is 6.79. The lowest BCUT2D eigenvalue weighted by atomic mass is 9.97. The maximum absolute atomic E-state index is 6.15. The number of aromatic nitrogens is 1. The van der Waals surface area contributed by atoms with Gasteiger partial charge >= 0.3 is 0 Å². The van der Waals surface area contributed by atoms with Crippen molar-refractivity contribution < 1.29 is 0 Å². The van der Waals surface area contributed by atoms with Crippen LogP contribution < -0.4 is 0 Å². The molecule has 0 saturated heterocycles. The van der Waals surface area contributed by atoms with Crippen molar-refractivity contribution in [1.29, 1.82) is 0 Å². The summed E-state index contributed by atoms with van der Waals surface area (Å²) >= 11 is 6.15. The lowest BCUT2D eigenvalue weighted by molar-refractivity contribution is 1.54. The number of halogens is 1. The number of hydrogen-bond donors (Lipinski definition) is 1. The van der Waals surface area contributed by atoms with E-state index in [0.29, 0.717) is 0 Å². The third-order valence-corrected chi connectivity index (χ3v) is 4.88. The van der Waals surface area contributed by atoms with Gasteiger partial charge in [0, 0.05) is 26.8 Å². The molecule has 2 heteroatoms. The molecule has 1 heterocycles. The van der Waals surface area contributed by atoms with Gasteiger partial charge in [-0.25, -0.2) is 0 Å². The van der Waals surface area contributed by atoms with E-state index in [9.17, 15) is 0 Å². The molecule has 0 fully saturated rings. The van der Waals surface area contributed by atoms with Crippen LogP contribution in [0.1, 0.15) is 0 Å². The van der Waals surface area contributed by atoms with E-state index in [4.69, 9.17) is 11.6 Å². The summed E-state index contributed by atoms with van der Waals surface area (Å²) in [5, 5.41) is 5.73. The van der Waals surface area contributed by atoms with Crippen LogP contribution in [-0.4, -0.2) is 4.98 Å². The normalized spacial score (nSPS) is 11.5. The molecule has 5 rings (SSSR count). The molecule has 4 aromatic carbocycles. The van der Waals surface area contributed by atoms with Crippen LogP contribution in [0.3, 0.4) is 0 Å². The fourth-order valence-electron chi connectivity index (χ4n) is 3.53. The van der Waals surface area contributed by atoms with Crippen LogP contribution in [0.25, 0.3) is 43.7 Å². The zero-order valence-electron chi connectivity index (χ0n) is 12.9. The van der Waals surface area contributed by atoms with Gasteiger partial charge in [-0.05, 0) is 46.2 Å². The molecule has 0 aliphatic rings. The Morgan fingerprint density at radius 3 is 2.46 bits per heavy atom. The molecule has 0 aliphatic carbocycles. The molecule has 1 N–H and O–H groups in total. The highest BCUT2D eigenvalue weighted by Crippen LogP contribution is 2.36. The van der Waals surface area contributed by atoms with Crippen molar-refractivity contribution >= 4 is 44.2 Å². The first kappa shape index (κ1) is 13.6. The second-order valence-electron chi connectivity index (χ2n) is 6.10. The van der Waals surface area contributed by atoms with Gasteiger partial charge in [-0.2, -0.15) is 0 Å². The maximum Gasteiger partial charge on any atom is 0.0480 e. The fourth-order valence-corrected chi connectivity index (χ4v) is 3.70. The molecule has 0 bridgehead atoms. The van der Waals surface area contributed by atoms with Gasteiger partial charge in [0.15, 0.2) is 0 Å². The summed E-state index contributed by atoms with van der Waals surface area (Å²) in [5.74, 6) is 0. The van der Waals surface area contributed by atoms with E-state index in [1.807, 2.05) is 12.1 Å². The van der Waals surface area contributed by atoms with Gasteiger partial charge in [0.05, 0.1) is 0 Å². The summed E-state index contributed by atoms with van der Waals surface area (Å²) in [6.07, 6.45) is 0. The Bertz CT molecular complexity index is 1220. The zero-order valence-corrected chi connectivity index (χ0v) is 13.6. The van der Waals surface area contributed by atoms with Gasteiger partial charge in [0.2, 0.25) is 0 Å². The molecule has 1 nitrogen and oxygen atoms in total. The molecule has 0 spiro atoms. The Morgan fingerprint density at radius 1 is 0.667 bits per heavy atom. The average molecular weight is 328 g/mol. The molecular weight excluding hydrogens is 314 g/mol. The Labute approximate surface area is 144 Å². The van der Waals surface area contributed by atoms with E-state index in [2.05, 4.69) is 71.7 Å². The van der Waals surface area contributed by atoms with Crippen LogP contribution in [0.5, 0.6) is 0 Å². The van der Waals surface area contributed by atoms with Gasteiger partial charge in [-0.3, -0.25) is 0 Å². The monoisotopic (exact) mass is 327 g/mol. The van der Waals surface area contributed by atoms with Crippen molar-refractivity contribution in [3.05, 3.63) is 83.9 Å². The van der Waals surface area contributed by atoms with E-state index >= 15 is 0 Å². The number of fused-ring (bicyclic) bond motifs is 4. The molecule has 0 saturated carbocycles. The van der Waals surface area contributed by atoms with Gasteiger partial charge in [0.25, 0.3) is 0 Å². The van der Waals surface area contributed by atoms with E-state index in [1.165, 1.54) is 32.7 Å². The standard InChI is InChI=1S/C22H14ClN/c23-17-10-11-19-21(13-17)24-20-7-3-6-18(22(19)20)16-9-8-14-4-1-2-5-15(14)12-16/h1-13,24H. The first-order valence-corrected chi connectivity index (χ1v) is 8.36. The lowest BCUT2D eigenvalue weighted by Crippen LogP contribution is -1.81. The molecule has 0 atom stereocenters. The van der Waals surface area contributed by atoms with Crippen LogP contribution in [-0.2, 0) is 0 Å². The number of nitrogens with one attached hydrogen (secondary N) is 1. The Morgan fingerprint density at radius 2 is 1.54 bits per heavy atom. The number of benzene rings is 4. The first-order valence-electron chi connectivity index (χ1n) is 7.99. The molecule has 114 valence electrons. The molecule has 5 aromatic rings. The number of rotatable bonds is 1. The number of hydrogen-bond acceptors (Lipinski definition) is 0. The minimum atomic E-state index is 0.751. The van der Waals surface area contributed by atoms with Crippen LogP contribution in [0.4, 0.5) is 0 Å². The van der Waals surface area contributed by atoms with Gasteiger partial charge in [-0.15, -0.1) is 0 Å². The van der Waals surface area contributed by atoms with E-state index in [-0.39, 0.29) is 0 Å². The average Bonchev–Trinajstić information content (AvgIpc) is 2.98. The largest absolute Gasteiger partial charge is 0.354 e. The molecule has 1 aromatic heterocycles. The Hall–Kier alpha value is -2.77. The SMILES string of the molecule is Clc1ccc2c(c1)[nH]c1cccc(-c3ccc4ccccc4c3)c12. The molecule has 0 aliphatic heterocycles. The van der Waals surface area contributed by atoms with Crippen LogP contribution in [0, 0.1) is 0 Å². The first-order chi connectivity index (χ1) is 11.8. The third-order valence-electron chi connectivity index (χ3n) is 4.65. The summed E-state index contributed by atoms with van der Waals surface area (Å²) in [7, 11) is 0. The van der Waals surface area contributed by atoms with E-state index in [1.54, 1.807) is 0 Å². The summed E-state index contributed by atoms with van der Waals surface area (Å²) in [5.41, 5.74) is 4.69. The van der Waals surface area contributed by atoms with Gasteiger partial charge < -0.3 is 4.98 Å². The van der Waals surface area contributed by atoms with E-state index < -0.39 is 0 Å². The number of H-pyrrole nitrogens is 1. The zero-order chi connectivity index (χ0) is 16.1.